The van der Waals surface area contributed by atoms with Crippen LogP contribution in [0.5, 0.6) is 5.75 Å². The van der Waals surface area contributed by atoms with Crippen LogP contribution < -0.4 is 33.3 Å². The maximum Gasteiger partial charge on any atom is 0.205 e. The molecule has 3 nitrogen and oxygen atoms in total. The third-order valence-corrected chi connectivity index (χ3v) is 3.87. The van der Waals surface area contributed by atoms with E-state index < -0.39 is 0 Å². The molecule has 3 aromatic rings. The molecule has 0 aliphatic carbocycles. The smallest absolute Gasteiger partial charge is 0.205 e. The quantitative estimate of drug-likeness (QED) is 0.443. The molecule has 0 amide bonds. The van der Waals surface area contributed by atoms with Gasteiger partial charge in [0, 0.05) is 23.8 Å². The number of aromatic nitrogens is 1. The highest BCUT2D eigenvalue weighted by atomic mass is 127. The van der Waals surface area contributed by atoms with Crippen molar-refractivity contribution in [1.29, 1.82) is 0 Å². The molecular weight excluding hydrogens is 437 g/mol. The monoisotopic (exact) mass is 453 g/mol. The van der Waals surface area contributed by atoms with Crippen molar-refractivity contribution in [3.8, 4) is 17.1 Å². The first-order valence-corrected chi connectivity index (χ1v) is 7.61. The van der Waals surface area contributed by atoms with Gasteiger partial charge in [-0.3, -0.25) is 0 Å². The van der Waals surface area contributed by atoms with Crippen LogP contribution in [0, 0.1) is 0 Å². The lowest BCUT2D eigenvalue weighted by molar-refractivity contribution is -0.673. The molecule has 0 unspecified atom stereocenters. The minimum Gasteiger partial charge on any atom is -1.00 e. The van der Waals surface area contributed by atoms with Crippen molar-refractivity contribution in [2.24, 2.45) is 7.05 Å². The van der Waals surface area contributed by atoms with Gasteiger partial charge in [-0.1, -0.05) is 11.6 Å². The number of benzene rings is 1. The van der Waals surface area contributed by atoms with Crippen molar-refractivity contribution in [2.75, 3.05) is 7.11 Å². The molecular formula is C19H17ClINO2. The van der Waals surface area contributed by atoms with Crippen LogP contribution in [0.2, 0.25) is 5.02 Å². The third-order valence-electron chi connectivity index (χ3n) is 3.58. The summed E-state index contributed by atoms with van der Waals surface area (Å²) in [5, 5.41) is 0.565. The molecule has 2 heterocycles. The van der Waals surface area contributed by atoms with E-state index in [9.17, 15) is 0 Å². The van der Waals surface area contributed by atoms with E-state index >= 15 is 0 Å². The lowest BCUT2D eigenvalue weighted by Crippen LogP contribution is -3.00. The summed E-state index contributed by atoms with van der Waals surface area (Å²) in [6.45, 7) is 0. The number of hydrogen-bond donors (Lipinski definition) is 0. The average molecular weight is 454 g/mol. The summed E-state index contributed by atoms with van der Waals surface area (Å²) in [7, 11) is 3.60. The fourth-order valence-electron chi connectivity index (χ4n) is 2.29. The van der Waals surface area contributed by atoms with Crippen LogP contribution in [0.4, 0.5) is 0 Å². The van der Waals surface area contributed by atoms with E-state index in [2.05, 4.69) is 0 Å². The lowest BCUT2D eigenvalue weighted by Gasteiger charge is -2.04. The van der Waals surface area contributed by atoms with Crippen molar-refractivity contribution in [1.82, 2.24) is 0 Å². The first-order chi connectivity index (χ1) is 11.2. The molecule has 0 saturated carbocycles. The van der Waals surface area contributed by atoms with Gasteiger partial charge in [-0.25, -0.2) is 4.57 Å². The largest absolute Gasteiger partial charge is 1.00 e. The Labute approximate surface area is 163 Å². The zero-order valence-electron chi connectivity index (χ0n) is 13.4. The fraction of sp³-hybridized carbons (Fsp3) is 0.105. The molecule has 0 fully saturated rings. The van der Waals surface area contributed by atoms with E-state index in [0.717, 1.165) is 22.8 Å². The maximum absolute atomic E-state index is 6.16. The van der Waals surface area contributed by atoms with Crippen LogP contribution in [0.25, 0.3) is 23.5 Å². The maximum atomic E-state index is 6.16. The SMILES string of the molecule is COc1ccc(-c2ccc(/C=C/c3cccc[n+]3C)o2)cc1Cl.[I-]. The number of aryl methyl sites for hydroxylation is 1. The second-order valence-electron chi connectivity index (χ2n) is 5.12. The van der Waals surface area contributed by atoms with E-state index in [1.807, 2.05) is 78.5 Å². The van der Waals surface area contributed by atoms with Crippen LogP contribution in [-0.4, -0.2) is 7.11 Å². The number of pyridine rings is 1. The zero-order valence-corrected chi connectivity index (χ0v) is 16.3. The molecule has 0 bridgehead atoms. The fourth-order valence-corrected chi connectivity index (χ4v) is 2.55. The predicted octanol–water partition coefficient (Wildman–Crippen LogP) is 1.61. The minimum atomic E-state index is 0. The van der Waals surface area contributed by atoms with Gasteiger partial charge in [0.25, 0.3) is 0 Å². The van der Waals surface area contributed by atoms with Gasteiger partial charge < -0.3 is 33.1 Å². The highest BCUT2D eigenvalue weighted by molar-refractivity contribution is 6.32. The first-order valence-electron chi connectivity index (χ1n) is 7.24. The van der Waals surface area contributed by atoms with E-state index in [4.69, 9.17) is 20.8 Å². The summed E-state index contributed by atoms with van der Waals surface area (Å²) >= 11 is 6.16. The van der Waals surface area contributed by atoms with Gasteiger partial charge in [0.05, 0.1) is 12.1 Å². The van der Waals surface area contributed by atoms with Gasteiger partial charge in [-0.2, -0.15) is 0 Å². The Morgan fingerprint density at radius 3 is 2.62 bits per heavy atom. The summed E-state index contributed by atoms with van der Waals surface area (Å²) in [5.74, 6) is 2.21. The highest BCUT2D eigenvalue weighted by Crippen LogP contribution is 2.31. The van der Waals surface area contributed by atoms with Crippen LogP contribution in [0.1, 0.15) is 11.5 Å². The molecule has 0 aliphatic heterocycles. The molecule has 0 N–H and O–H groups in total. The van der Waals surface area contributed by atoms with Gasteiger partial charge in [0.1, 0.15) is 24.3 Å². The molecule has 0 atom stereocenters. The Bertz CT molecular complexity index is 858. The first kappa shape index (κ1) is 18.5. The summed E-state index contributed by atoms with van der Waals surface area (Å²) in [5.41, 5.74) is 2.01. The molecule has 0 saturated heterocycles. The summed E-state index contributed by atoms with van der Waals surface area (Å²) in [4.78, 5) is 0. The van der Waals surface area contributed by atoms with Crippen molar-refractivity contribution in [3.05, 3.63) is 71.2 Å². The molecule has 24 heavy (non-hydrogen) atoms. The van der Waals surface area contributed by atoms with E-state index in [0.29, 0.717) is 10.8 Å². The van der Waals surface area contributed by atoms with Gasteiger partial charge in [0.15, 0.2) is 6.20 Å². The van der Waals surface area contributed by atoms with Gasteiger partial charge >= 0.3 is 0 Å². The Hall–Kier alpha value is -1.79. The lowest BCUT2D eigenvalue weighted by atomic mass is 10.2. The number of rotatable bonds is 4. The number of nitrogens with zero attached hydrogens (tertiary/aromatic N) is 1. The van der Waals surface area contributed by atoms with Gasteiger partial charge in [-0.05, 0) is 42.5 Å². The molecule has 0 aliphatic rings. The number of ether oxygens (including phenoxy) is 1. The Morgan fingerprint density at radius 1 is 1.08 bits per heavy atom. The molecule has 124 valence electrons. The second kappa shape index (κ2) is 8.35. The Kier molecular flexibility index (Phi) is 6.45. The molecule has 0 radical (unpaired) electrons. The van der Waals surface area contributed by atoms with Crippen LogP contribution in [0.15, 0.2) is 59.1 Å². The summed E-state index contributed by atoms with van der Waals surface area (Å²) in [6.07, 6.45) is 5.97. The van der Waals surface area contributed by atoms with E-state index in [-0.39, 0.29) is 24.0 Å². The third kappa shape index (κ3) is 4.19. The Morgan fingerprint density at radius 2 is 1.92 bits per heavy atom. The van der Waals surface area contributed by atoms with Crippen LogP contribution >= 0.6 is 11.6 Å². The summed E-state index contributed by atoms with van der Waals surface area (Å²) in [6, 6.07) is 15.5. The minimum absolute atomic E-state index is 0. The van der Waals surface area contributed by atoms with Crippen molar-refractivity contribution >= 4 is 23.8 Å². The summed E-state index contributed by atoms with van der Waals surface area (Å²) < 4.78 is 13.1. The molecule has 5 heteroatoms. The Balaban J connectivity index is 0.00000208. The average Bonchev–Trinajstić information content (AvgIpc) is 3.03. The predicted molar refractivity (Wildman–Crippen MR) is 92.3 cm³/mol. The number of methoxy groups -OCH3 is 1. The molecule has 1 aromatic carbocycles. The van der Waals surface area contributed by atoms with Gasteiger partial charge in [-0.15, -0.1) is 0 Å². The molecule has 3 rings (SSSR count). The van der Waals surface area contributed by atoms with E-state index in [1.54, 1.807) is 7.11 Å². The van der Waals surface area contributed by atoms with Crippen molar-refractivity contribution in [2.45, 2.75) is 0 Å². The second-order valence-corrected chi connectivity index (χ2v) is 5.53. The molecule has 2 aromatic heterocycles. The van der Waals surface area contributed by atoms with Crippen LogP contribution in [-0.2, 0) is 7.05 Å². The standard InChI is InChI=1S/C19H17ClNO2.HI/c1-21-12-4-3-5-15(21)7-8-16-9-11-18(23-16)14-6-10-19(22-2)17(20)13-14;/h3-13H,1-2H3;1H/q+1;/p-1/b8-7+;. The number of hydrogen-bond acceptors (Lipinski definition) is 2. The van der Waals surface area contributed by atoms with E-state index in [1.165, 1.54) is 0 Å². The zero-order chi connectivity index (χ0) is 16.2. The molecule has 0 spiro atoms. The topological polar surface area (TPSA) is 26.2 Å². The highest BCUT2D eigenvalue weighted by Gasteiger charge is 2.07. The van der Waals surface area contributed by atoms with Crippen molar-refractivity contribution < 1.29 is 37.7 Å². The van der Waals surface area contributed by atoms with Gasteiger partial charge in [0.2, 0.25) is 5.69 Å². The number of halogens is 2. The van der Waals surface area contributed by atoms with Crippen LogP contribution in [0.3, 0.4) is 0 Å². The number of furan rings is 1. The normalized spacial score (nSPS) is 10.6. The van der Waals surface area contributed by atoms with Crippen molar-refractivity contribution in [3.63, 3.8) is 0 Å².